The summed E-state index contributed by atoms with van der Waals surface area (Å²) >= 11 is 6.36. The van der Waals surface area contributed by atoms with Crippen LogP contribution in [0.5, 0.6) is 0 Å². The first-order valence-corrected chi connectivity index (χ1v) is 13.9. The summed E-state index contributed by atoms with van der Waals surface area (Å²) in [6.07, 6.45) is 1.68. The molecule has 3 aromatic carbocycles. The molecule has 0 saturated carbocycles. The van der Waals surface area contributed by atoms with Gasteiger partial charge in [-0.25, -0.2) is 26.8 Å². The topological polar surface area (TPSA) is 119 Å². The van der Waals surface area contributed by atoms with Crippen LogP contribution in [0.4, 0.5) is 11.4 Å². The van der Waals surface area contributed by atoms with Crippen molar-refractivity contribution in [3.63, 3.8) is 0 Å². The summed E-state index contributed by atoms with van der Waals surface area (Å²) in [5, 5.41) is 1.25. The van der Waals surface area contributed by atoms with Crippen molar-refractivity contribution in [2.75, 3.05) is 28.1 Å². The predicted molar refractivity (Wildman–Crippen MR) is 134 cm³/mol. The number of fused-ring (bicyclic) bond motifs is 1. The zero-order chi connectivity index (χ0) is 24.6. The fourth-order valence-corrected chi connectivity index (χ4v) is 6.17. The van der Waals surface area contributed by atoms with Gasteiger partial charge < -0.3 is 4.74 Å². The molecule has 1 aliphatic rings. The summed E-state index contributed by atoms with van der Waals surface area (Å²) in [5.74, 6) is -0.0418. The molecule has 0 bridgehead atoms. The number of nitrogens with one attached hydrogen (secondary N) is 1. The molecule has 0 spiro atoms. The molecule has 1 fully saturated rings. The summed E-state index contributed by atoms with van der Waals surface area (Å²) in [7, 11) is -7.56. The second kappa shape index (κ2) is 9.08. The number of halogens is 1. The van der Waals surface area contributed by atoms with Crippen LogP contribution >= 0.6 is 11.6 Å². The maximum absolute atomic E-state index is 13.0. The molecule has 9 nitrogen and oxygen atoms in total. The van der Waals surface area contributed by atoms with Gasteiger partial charge >= 0.3 is 0 Å². The first-order chi connectivity index (χ1) is 16.7. The Balaban J connectivity index is 1.41. The average Bonchev–Trinajstić information content (AvgIpc) is 2.84. The molecule has 0 amide bonds. The minimum Gasteiger partial charge on any atom is -0.362 e. The van der Waals surface area contributed by atoms with Gasteiger partial charge in [-0.3, -0.25) is 9.03 Å². The summed E-state index contributed by atoms with van der Waals surface area (Å²) in [5.41, 5.74) is 1.86. The Morgan fingerprint density at radius 2 is 1.80 bits per heavy atom. The fraction of sp³-hybridized carbons (Fsp3) is 0.130. The number of ether oxygens (including phenoxy) is 1. The van der Waals surface area contributed by atoms with Gasteiger partial charge in [0.2, 0.25) is 0 Å². The lowest BCUT2D eigenvalue weighted by Gasteiger charge is -2.28. The lowest BCUT2D eigenvalue weighted by molar-refractivity contribution is 0.175. The number of sulfonamides is 2. The van der Waals surface area contributed by atoms with E-state index >= 15 is 0 Å². The smallest absolute Gasteiger partial charge is 0.261 e. The lowest BCUT2D eigenvalue weighted by atomic mass is 10.1. The summed E-state index contributed by atoms with van der Waals surface area (Å²) in [6, 6.07) is 17.8. The van der Waals surface area contributed by atoms with E-state index in [4.69, 9.17) is 16.3 Å². The summed E-state index contributed by atoms with van der Waals surface area (Å²) in [6.45, 7) is 0.428. The van der Waals surface area contributed by atoms with Gasteiger partial charge in [0, 0.05) is 22.8 Å². The Hall–Kier alpha value is -3.25. The standard InChI is InChI=1S/C23H19ClN4O5S2/c24-21-10-5-17(13-20(21)23-25-14-16-3-1-2-4-22(16)26-23)27-35(31,32)19-8-6-18(7-9-19)28-11-12-33-15-34(28,29)30/h1-10,13-14,27H,11-12,15H2. The molecule has 0 unspecified atom stereocenters. The SMILES string of the molecule is O=S(=O)(Nc1ccc(Cl)c(-c2ncc3ccccc3n2)c1)c1ccc(N2CCOCS2(=O)=O)cc1. The Morgan fingerprint density at radius 3 is 2.57 bits per heavy atom. The van der Waals surface area contributed by atoms with E-state index in [9.17, 15) is 16.8 Å². The zero-order valence-electron chi connectivity index (χ0n) is 18.1. The number of rotatable bonds is 5. The summed E-state index contributed by atoms with van der Waals surface area (Å²) < 4.78 is 59.1. The number of hydrogen-bond acceptors (Lipinski definition) is 7. The first kappa shape index (κ1) is 23.5. The fourth-order valence-electron chi connectivity index (χ4n) is 3.67. The zero-order valence-corrected chi connectivity index (χ0v) is 20.5. The molecule has 1 aromatic heterocycles. The van der Waals surface area contributed by atoms with Crippen LogP contribution in [0.2, 0.25) is 5.02 Å². The van der Waals surface area contributed by atoms with Crippen LogP contribution in [0.3, 0.4) is 0 Å². The predicted octanol–water partition coefficient (Wildman–Crippen LogP) is 3.87. The highest BCUT2D eigenvalue weighted by atomic mass is 35.5. The number of aromatic nitrogens is 2. The Morgan fingerprint density at radius 1 is 1.03 bits per heavy atom. The van der Waals surface area contributed by atoms with Crippen LogP contribution in [0.1, 0.15) is 0 Å². The molecule has 0 atom stereocenters. The van der Waals surface area contributed by atoms with Crippen LogP contribution in [0.25, 0.3) is 22.3 Å². The average molecular weight is 531 g/mol. The highest BCUT2D eigenvalue weighted by molar-refractivity contribution is 7.93. The lowest BCUT2D eigenvalue weighted by Crippen LogP contribution is -2.41. The molecule has 0 aliphatic carbocycles. The first-order valence-electron chi connectivity index (χ1n) is 10.5. The van der Waals surface area contributed by atoms with Crippen molar-refractivity contribution in [3.05, 3.63) is 77.9 Å². The van der Waals surface area contributed by atoms with Crippen molar-refractivity contribution < 1.29 is 21.6 Å². The van der Waals surface area contributed by atoms with Crippen molar-refractivity contribution >= 4 is 53.9 Å². The van der Waals surface area contributed by atoms with Crippen molar-refractivity contribution in [1.29, 1.82) is 0 Å². The minimum atomic E-state index is -3.96. The van der Waals surface area contributed by atoms with Gasteiger partial charge in [-0.05, 0) is 48.5 Å². The Labute approximate surface area is 207 Å². The molecular formula is C23H19ClN4O5S2. The molecule has 0 radical (unpaired) electrons. The molecule has 180 valence electrons. The van der Waals surface area contributed by atoms with Crippen molar-refractivity contribution in [2.24, 2.45) is 0 Å². The molecule has 1 N–H and O–H groups in total. The van der Waals surface area contributed by atoms with Crippen molar-refractivity contribution in [1.82, 2.24) is 9.97 Å². The normalized spacial score (nSPS) is 15.7. The van der Waals surface area contributed by atoms with Crippen LogP contribution in [-0.2, 0) is 24.8 Å². The van der Waals surface area contributed by atoms with Gasteiger partial charge in [-0.15, -0.1) is 0 Å². The molecule has 1 saturated heterocycles. The Kier molecular flexibility index (Phi) is 6.09. The molecule has 5 rings (SSSR count). The molecule has 4 aromatic rings. The largest absolute Gasteiger partial charge is 0.362 e. The number of benzene rings is 3. The second-order valence-corrected chi connectivity index (χ2v) is 11.7. The Bertz CT molecular complexity index is 1630. The molecule has 2 heterocycles. The van der Waals surface area contributed by atoms with Gasteiger partial charge in [0.1, 0.15) is 0 Å². The van der Waals surface area contributed by atoms with Crippen LogP contribution in [0, 0.1) is 0 Å². The third-order valence-corrected chi connectivity index (χ3v) is 8.65. The quantitative estimate of drug-likeness (QED) is 0.416. The van der Waals surface area contributed by atoms with E-state index in [1.165, 1.54) is 28.6 Å². The van der Waals surface area contributed by atoms with E-state index < -0.39 is 26.0 Å². The number of para-hydroxylation sites is 1. The second-order valence-electron chi connectivity index (χ2n) is 7.76. The molecular weight excluding hydrogens is 512 g/mol. The van der Waals surface area contributed by atoms with E-state index in [2.05, 4.69) is 14.7 Å². The van der Waals surface area contributed by atoms with Gasteiger partial charge in [0.05, 0.1) is 34.3 Å². The van der Waals surface area contributed by atoms with Crippen LogP contribution in [-0.4, -0.2) is 45.9 Å². The third kappa shape index (κ3) is 4.80. The van der Waals surface area contributed by atoms with Crippen molar-refractivity contribution in [2.45, 2.75) is 4.90 Å². The minimum absolute atomic E-state index is 0.0228. The van der Waals surface area contributed by atoms with Gasteiger partial charge in [0.25, 0.3) is 20.0 Å². The highest BCUT2D eigenvalue weighted by Gasteiger charge is 2.27. The van der Waals surface area contributed by atoms with Crippen LogP contribution < -0.4 is 9.03 Å². The molecule has 1 aliphatic heterocycles. The van der Waals surface area contributed by atoms with Crippen LogP contribution in [0.15, 0.2) is 77.8 Å². The van der Waals surface area contributed by atoms with Gasteiger partial charge in [0.15, 0.2) is 11.8 Å². The maximum Gasteiger partial charge on any atom is 0.261 e. The molecule has 35 heavy (non-hydrogen) atoms. The monoisotopic (exact) mass is 530 g/mol. The number of anilines is 2. The summed E-state index contributed by atoms with van der Waals surface area (Å²) in [4.78, 5) is 8.87. The van der Waals surface area contributed by atoms with E-state index in [0.29, 0.717) is 22.1 Å². The van der Waals surface area contributed by atoms with Gasteiger partial charge in [-0.1, -0.05) is 29.8 Å². The van der Waals surface area contributed by atoms with E-state index in [0.717, 1.165) is 10.9 Å². The molecule has 12 heteroatoms. The van der Waals surface area contributed by atoms with Gasteiger partial charge in [-0.2, -0.15) is 0 Å². The van der Waals surface area contributed by atoms with Crippen molar-refractivity contribution in [3.8, 4) is 11.4 Å². The number of hydrogen-bond donors (Lipinski definition) is 1. The highest BCUT2D eigenvalue weighted by Crippen LogP contribution is 2.30. The maximum atomic E-state index is 13.0. The third-order valence-electron chi connectivity index (χ3n) is 5.39. The van der Waals surface area contributed by atoms with E-state index in [1.807, 2.05) is 24.3 Å². The van der Waals surface area contributed by atoms with E-state index in [-0.39, 0.29) is 23.7 Å². The van der Waals surface area contributed by atoms with E-state index in [1.54, 1.807) is 24.4 Å². The number of nitrogens with zero attached hydrogens (tertiary/aromatic N) is 3.